The Hall–Kier alpha value is -1.51. The van der Waals surface area contributed by atoms with E-state index < -0.39 is 11.4 Å². The van der Waals surface area contributed by atoms with Crippen molar-refractivity contribution in [3.05, 3.63) is 29.8 Å². The highest BCUT2D eigenvalue weighted by Crippen LogP contribution is 2.29. The van der Waals surface area contributed by atoms with Crippen LogP contribution in [0.15, 0.2) is 24.3 Å². The molecule has 1 aromatic carbocycles. The summed E-state index contributed by atoms with van der Waals surface area (Å²) in [4.78, 5) is 11.3. The van der Waals surface area contributed by atoms with Crippen LogP contribution in [-0.4, -0.2) is 11.1 Å². The van der Waals surface area contributed by atoms with Crippen LogP contribution in [-0.2, 0) is 10.2 Å². The van der Waals surface area contributed by atoms with E-state index in [1.807, 2.05) is 6.92 Å². The van der Waals surface area contributed by atoms with Crippen LogP contribution < -0.4 is 5.73 Å². The Morgan fingerprint density at radius 2 is 1.93 bits per heavy atom. The van der Waals surface area contributed by atoms with E-state index in [4.69, 9.17) is 5.73 Å². The Morgan fingerprint density at radius 1 is 1.40 bits per heavy atom. The summed E-state index contributed by atoms with van der Waals surface area (Å²) in [5.41, 5.74) is 6.24. The Bertz CT molecular complexity index is 345. The monoisotopic (exact) mass is 207 g/mol. The van der Waals surface area contributed by atoms with Crippen LogP contribution in [0.2, 0.25) is 0 Å². The second-order valence-corrected chi connectivity index (χ2v) is 4.01. The number of nitrogens with two attached hydrogens (primary N) is 1. The molecule has 15 heavy (non-hydrogen) atoms. The molecule has 0 aliphatic carbocycles. The maximum Gasteiger partial charge on any atom is 0.313 e. The standard InChI is InChI=1S/C12H17NO2/c1-3-8-12(2,11(14)15)9-4-6-10(13)7-5-9/h4-7H,3,8,13H2,1-2H3,(H,14,15). The predicted octanol–water partition coefficient (Wildman–Crippen LogP) is 2.41. The number of rotatable bonds is 4. The lowest BCUT2D eigenvalue weighted by molar-refractivity contribution is -0.143. The van der Waals surface area contributed by atoms with Gasteiger partial charge in [-0.3, -0.25) is 4.79 Å². The molecule has 1 aromatic rings. The van der Waals surface area contributed by atoms with Gasteiger partial charge in [-0.1, -0.05) is 25.5 Å². The first-order valence-electron chi connectivity index (χ1n) is 5.10. The summed E-state index contributed by atoms with van der Waals surface area (Å²) in [5.74, 6) is -0.783. The molecule has 0 heterocycles. The summed E-state index contributed by atoms with van der Waals surface area (Å²) < 4.78 is 0. The molecule has 82 valence electrons. The van der Waals surface area contributed by atoms with Gasteiger partial charge in [0.05, 0.1) is 5.41 Å². The minimum atomic E-state index is -0.803. The Labute approximate surface area is 89.9 Å². The molecule has 3 nitrogen and oxygen atoms in total. The first-order chi connectivity index (χ1) is 7.00. The molecule has 0 aromatic heterocycles. The number of carboxylic acids is 1. The third-order valence-electron chi connectivity index (χ3n) is 2.77. The molecule has 0 aliphatic rings. The first-order valence-corrected chi connectivity index (χ1v) is 5.10. The van der Waals surface area contributed by atoms with Gasteiger partial charge in [-0.05, 0) is 31.0 Å². The molecular formula is C12H17NO2. The van der Waals surface area contributed by atoms with Crippen LogP contribution in [0.3, 0.4) is 0 Å². The fourth-order valence-electron chi connectivity index (χ4n) is 1.73. The Morgan fingerprint density at radius 3 is 2.33 bits per heavy atom. The Kier molecular flexibility index (Phi) is 3.35. The number of benzene rings is 1. The summed E-state index contributed by atoms with van der Waals surface area (Å²) in [6, 6.07) is 7.07. The van der Waals surface area contributed by atoms with Crippen molar-refractivity contribution in [2.24, 2.45) is 0 Å². The van der Waals surface area contributed by atoms with Crippen molar-refractivity contribution in [1.82, 2.24) is 0 Å². The topological polar surface area (TPSA) is 63.3 Å². The van der Waals surface area contributed by atoms with Gasteiger partial charge in [0.15, 0.2) is 0 Å². The molecule has 0 radical (unpaired) electrons. The van der Waals surface area contributed by atoms with Crippen molar-refractivity contribution in [2.45, 2.75) is 32.1 Å². The van der Waals surface area contributed by atoms with E-state index in [-0.39, 0.29) is 0 Å². The minimum Gasteiger partial charge on any atom is -0.481 e. The third kappa shape index (κ3) is 2.29. The van der Waals surface area contributed by atoms with Gasteiger partial charge in [0, 0.05) is 5.69 Å². The van der Waals surface area contributed by atoms with E-state index in [1.54, 1.807) is 31.2 Å². The van der Waals surface area contributed by atoms with Gasteiger partial charge >= 0.3 is 5.97 Å². The fraction of sp³-hybridized carbons (Fsp3) is 0.417. The molecule has 3 N–H and O–H groups in total. The van der Waals surface area contributed by atoms with E-state index in [1.165, 1.54) is 0 Å². The van der Waals surface area contributed by atoms with Crippen LogP contribution in [0.1, 0.15) is 32.3 Å². The molecule has 0 spiro atoms. The van der Waals surface area contributed by atoms with Crippen molar-refractivity contribution in [3.8, 4) is 0 Å². The van der Waals surface area contributed by atoms with E-state index >= 15 is 0 Å². The summed E-state index contributed by atoms with van der Waals surface area (Å²) in [5, 5.41) is 9.26. The molecule has 0 fully saturated rings. The van der Waals surface area contributed by atoms with Gasteiger partial charge in [-0.15, -0.1) is 0 Å². The van der Waals surface area contributed by atoms with Crippen LogP contribution in [0.5, 0.6) is 0 Å². The van der Waals surface area contributed by atoms with Gasteiger partial charge < -0.3 is 10.8 Å². The SMILES string of the molecule is CCCC(C)(C(=O)O)c1ccc(N)cc1. The number of hydrogen-bond acceptors (Lipinski definition) is 2. The number of anilines is 1. The predicted molar refractivity (Wildman–Crippen MR) is 60.8 cm³/mol. The van der Waals surface area contributed by atoms with Gasteiger partial charge in [-0.25, -0.2) is 0 Å². The lowest BCUT2D eigenvalue weighted by atomic mass is 9.79. The molecule has 0 bridgehead atoms. The average Bonchev–Trinajstić information content (AvgIpc) is 2.18. The zero-order chi connectivity index (χ0) is 11.5. The summed E-state index contributed by atoms with van der Waals surface area (Å²) >= 11 is 0. The van der Waals surface area contributed by atoms with Crippen molar-refractivity contribution in [1.29, 1.82) is 0 Å². The van der Waals surface area contributed by atoms with Gasteiger partial charge in [-0.2, -0.15) is 0 Å². The zero-order valence-corrected chi connectivity index (χ0v) is 9.16. The summed E-state index contributed by atoms with van der Waals surface area (Å²) in [6.07, 6.45) is 1.47. The first kappa shape index (κ1) is 11.6. The lowest BCUT2D eigenvalue weighted by Gasteiger charge is -2.24. The van der Waals surface area contributed by atoms with Gasteiger partial charge in [0.2, 0.25) is 0 Å². The maximum absolute atomic E-state index is 11.3. The largest absolute Gasteiger partial charge is 0.481 e. The van der Waals surface area contributed by atoms with Crippen LogP contribution in [0.25, 0.3) is 0 Å². The Balaban J connectivity index is 3.09. The second-order valence-electron chi connectivity index (χ2n) is 4.01. The van der Waals surface area contributed by atoms with Crippen molar-refractivity contribution in [3.63, 3.8) is 0 Å². The van der Waals surface area contributed by atoms with Crippen LogP contribution >= 0.6 is 0 Å². The molecule has 0 saturated carbocycles. The highest BCUT2D eigenvalue weighted by molar-refractivity contribution is 5.80. The molecular weight excluding hydrogens is 190 g/mol. The minimum absolute atomic E-state index is 0.631. The van der Waals surface area contributed by atoms with E-state index in [0.717, 1.165) is 12.0 Å². The van der Waals surface area contributed by atoms with E-state index in [0.29, 0.717) is 12.1 Å². The molecule has 0 amide bonds. The molecule has 0 aliphatic heterocycles. The molecule has 1 rings (SSSR count). The normalized spacial score (nSPS) is 14.5. The van der Waals surface area contributed by atoms with Crippen LogP contribution in [0, 0.1) is 0 Å². The quantitative estimate of drug-likeness (QED) is 0.745. The van der Waals surface area contributed by atoms with Gasteiger partial charge in [0.1, 0.15) is 0 Å². The molecule has 1 atom stereocenters. The number of nitrogen functional groups attached to an aromatic ring is 1. The fourth-order valence-corrected chi connectivity index (χ4v) is 1.73. The second kappa shape index (κ2) is 4.34. The van der Waals surface area contributed by atoms with Crippen molar-refractivity contribution in [2.75, 3.05) is 5.73 Å². The lowest BCUT2D eigenvalue weighted by Crippen LogP contribution is -2.32. The van der Waals surface area contributed by atoms with E-state index in [9.17, 15) is 9.90 Å². The molecule has 3 heteroatoms. The van der Waals surface area contributed by atoms with E-state index in [2.05, 4.69) is 0 Å². The highest BCUT2D eigenvalue weighted by Gasteiger charge is 2.33. The zero-order valence-electron chi connectivity index (χ0n) is 9.16. The summed E-state index contributed by atoms with van der Waals surface area (Å²) in [7, 11) is 0. The number of aliphatic carboxylic acids is 1. The van der Waals surface area contributed by atoms with Crippen LogP contribution in [0.4, 0.5) is 5.69 Å². The maximum atomic E-state index is 11.3. The third-order valence-corrected chi connectivity index (χ3v) is 2.77. The highest BCUT2D eigenvalue weighted by atomic mass is 16.4. The number of carboxylic acid groups (broad SMARTS) is 1. The van der Waals surface area contributed by atoms with Crippen molar-refractivity contribution < 1.29 is 9.90 Å². The van der Waals surface area contributed by atoms with Crippen molar-refractivity contribution >= 4 is 11.7 Å². The average molecular weight is 207 g/mol. The number of carbonyl (C=O) groups is 1. The molecule has 0 saturated heterocycles. The number of hydrogen-bond donors (Lipinski definition) is 2. The smallest absolute Gasteiger partial charge is 0.313 e. The summed E-state index contributed by atoms with van der Waals surface area (Å²) in [6.45, 7) is 3.74. The van der Waals surface area contributed by atoms with Gasteiger partial charge in [0.25, 0.3) is 0 Å². The molecule has 1 unspecified atom stereocenters.